The second kappa shape index (κ2) is 6.15. The molecule has 5 nitrogen and oxygen atoms in total. The lowest BCUT2D eigenvalue weighted by molar-refractivity contribution is 0.285. The number of aliphatic hydroxyl groups excluding tert-OH is 1. The second-order valence-electron chi connectivity index (χ2n) is 2.47. The molecular weight excluding hydrogens is 200 g/mol. The Labute approximate surface area is 85.4 Å². The second-order valence-corrected chi connectivity index (χ2v) is 3.62. The predicted molar refractivity (Wildman–Crippen MR) is 55.7 cm³/mol. The van der Waals surface area contributed by atoms with Crippen LogP contribution in [-0.2, 0) is 6.61 Å². The van der Waals surface area contributed by atoms with E-state index in [1.54, 1.807) is 6.20 Å². The van der Waals surface area contributed by atoms with Gasteiger partial charge in [-0.15, -0.1) is 11.3 Å². The summed E-state index contributed by atoms with van der Waals surface area (Å²) in [7, 11) is 0. The van der Waals surface area contributed by atoms with Gasteiger partial charge in [-0.05, 0) is 18.0 Å². The molecule has 0 aliphatic heterocycles. The molecule has 0 aliphatic carbocycles. The molecule has 14 heavy (non-hydrogen) atoms. The van der Waals surface area contributed by atoms with Gasteiger partial charge in [0.25, 0.3) is 0 Å². The lowest BCUT2D eigenvalue weighted by Gasteiger charge is -1.83. The predicted octanol–water partition coefficient (Wildman–Crippen LogP) is 2.35. The molecule has 1 heterocycles. The van der Waals surface area contributed by atoms with E-state index in [4.69, 9.17) is 10.6 Å². The van der Waals surface area contributed by atoms with E-state index in [2.05, 4.69) is 15.0 Å². The molecule has 1 aromatic rings. The van der Waals surface area contributed by atoms with E-state index >= 15 is 0 Å². The van der Waals surface area contributed by atoms with Gasteiger partial charge >= 0.3 is 0 Å². The van der Waals surface area contributed by atoms with Gasteiger partial charge < -0.3 is 5.11 Å². The Morgan fingerprint density at radius 3 is 3.21 bits per heavy atom. The number of rotatable bonds is 5. The highest BCUT2D eigenvalue weighted by molar-refractivity contribution is 7.12. The molecule has 0 amide bonds. The van der Waals surface area contributed by atoms with Gasteiger partial charge in [-0.3, -0.25) is 0 Å². The largest absolute Gasteiger partial charge is 0.391 e. The Hall–Kier alpha value is -1.36. The first-order valence-corrected chi connectivity index (χ1v) is 4.91. The molecule has 74 valence electrons. The highest BCUT2D eigenvalue weighted by Gasteiger charge is 1.95. The number of aromatic nitrogens is 1. The Morgan fingerprint density at radius 1 is 1.71 bits per heavy atom. The molecule has 0 bridgehead atoms. The quantitative estimate of drug-likeness (QED) is 0.350. The van der Waals surface area contributed by atoms with E-state index in [9.17, 15) is 0 Å². The van der Waals surface area contributed by atoms with Crippen LogP contribution in [-0.4, -0.2) is 16.6 Å². The van der Waals surface area contributed by atoms with Crippen molar-refractivity contribution in [2.24, 2.45) is 5.11 Å². The van der Waals surface area contributed by atoms with Crippen molar-refractivity contribution in [2.75, 3.05) is 6.54 Å². The summed E-state index contributed by atoms with van der Waals surface area (Å²) in [4.78, 5) is 7.56. The van der Waals surface area contributed by atoms with Gasteiger partial charge in [0.1, 0.15) is 5.01 Å². The van der Waals surface area contributed by atoms with E-state index in [0.29, 0.717) is 13.0 Å². The monoisotopic (exact) mass is 210 g/mol. The molecule has 0 radical (unpaired) electrons. The maximum Gasteiger partial charge on any atom is 0.116 e. The van der Waals surface area contributed by atoms with Gasteiger partial charge in [-0.2, -0.15) is 0 Å². The van der Waals surface area contributed by atoms with E-state index in [1.165, 1.54) is 11.3 Å². The Bertz CT molecular complexity index is 354. The number of nitrogens with zero attached hydrogens (tertiary/aromatic N) is 4. The van der Waals surface area contributed by atoms with Crippen molar-refractivity contribution in [3.63, 3.8) is 0 Å². The smallest absolute Gasteiger partial charge is 0.116 e. The average Bonchev–Trinajstić information content (AvgIpc) is 2.65. The Balaban J connectivity index is 2.39. The molecule has 0 fully saturated rings. The van der Waals surface area contributed by atoms with Crippen molar-refractivity contribution in [1.29, 1.82) is 0 Å². The van der Waals surface area contributed by atoms with Crippen LogP contribution in [0.4, 0.5) is 0 Å². The zero-order valence-electron chi connectivity index (χ0n) is 7.50. The molecule has 1 N–H and O–H groups in total. The summed E-state index contributed by atoms with van der Waals surface area (Å²) in [5.41, 5.74) is 8.01. The molecule has 0 saturated carbocycles. The third-order valence-corrected chi connectivity index (χ3v) is 2.39. The Morgan fingerprint density at radius 2 is 2.57 bits per heavy atom. The summed E-state index contributed by atoms with van der Waals surface area (Å²) < 4.78 is 0. The summed E-state index contributed by atoms with van der Waals surface area (Å²) in [6, 6.07) is 0. The standard InChI is InChI=1S/C8H10N4OS/c9-12-11-4-2-1-3-8-10-5-7(6-13)14-8/h1,3,5,13H,2,4,6H2. The van der Waals surface area contributed by atoms with Gasteiger partial charge in [-0.1, -0.05) is 11.2 Å². The van der Waals surface area contributed by atoms with Gasteiger partial charge in [0.2, 0.25) is 0 Å². The SMILES string of the molecule is [N-]=[N+]=NCCC=Cc1ncc(CO)s1. The lowest BCUT2D eigenvalue weighted by atomic mass is 10.4. The van der Waals surface area contributed by atoms with Crippen molar-refractivity contribution >= 4 is 17.4 Å². The van der Waals surface area contributed by atoms with Gasteiger partial charge in [0.05, 0.1) is 11.5 Å². The van der Waals surface area contributed by atoms with Gasteiger partial charge in [0, 0.05) is 17.7 Å². The normalized spacial score (nSPS) is 10.4. The van der Waals surface area contributed by atoms with Crippen LogP contribution in [0, 0.1) is 0 Å². The van der Waals surface area contributed by atoms with Crippen molar-refractivity contribution in [3.8, 4) is 0 Å². The molecule has 1 rings (SSSR count). The zero-order valence-corrected chi connectivity index (χ0v) is 8.31. The van der Waals surface area contributed by atoms with Crippen LogP contribution in [0.1, 0.15) is 16.3 Å². The van der Waals surface area contributed by atoms with Crippen molar-refractivity contribution in [2.45, 2.75) is 13.0 Å². The number of hydrogen-bond acceptors (Lipinski definition) is 4. The lowest BCUT2D eigenvalue weighted by Crippen LogP contribution is -1.72. The molecule has 0 spiro atoms. The first kappa shape index (κ1) is 10.7. The minimum atomic E-state index is 0.0320. The minimum absolute atomic E-state index is 0.0320. The molecule has 6 heteroatoms. The van der Waals surface area contributed by atoms with Crippen LogP contribution < -0.4 is 0 Å². The van der Waals surface area contributed by atoms with Crippen molar-refractivity contribution in [3.05, 3.63) is 32.6 Å². The zero-order chi connectivity index (χ0) is 10.2. The fourth-order valence-corrected chi connectivity index (χ4v) is 1.54. The highest BCUT2D eigenvalue weighted by Crippen LogP contribution is 2.14. The number of azide groups is 1. The molecule has 0 atom stereocenters. The third kappa shape index (κ3) is 3.57. The topological polar surface area (TPSA) is 81.9 Å². The van der Waals surface area contributed by atoms with Crippen molar-refractivity contribution in [1.82, 2.24) is 4.98 Å². The van der Waals surface area contributed by atoms with E-state index in [1.807, 2.05) is 12.2 Å². The van der Waals surface area contributed by atoms with Crippen molar-refractivity contribution < 1.29 is 5.11 Å². The average molecular weight is 210 g/mol. The Kier molecular flexibility index (Phi) is 4.71. The first-order valence-electron chi connectivity index (χ1n) is 4.09. The van der Waals surface area contributed by atoms with Crippen LogP contribution in [0.2, 0.25) is 0 Å². The summed E-state index contributed by atoms with van der Waals surface area (Å²) in [6.45, 7) is 0.496. The van der Waals surface area contributed by atoms with Crippen LogP contribution in [0.5, 0.6) is 0 Å². The molecule has 0 aliphatic rings. The molecule has 1 aromatic heterocycles. The molecule has 0 aromatic carbocycles. The van der Waals surface area contributed by atoms with Crippen LogP contribution in [0.3, 0.4) is 0 Å². The summed E-state index contributed by atoms with van der Waals surface area (Å²) in [5, 5.41) is 13.0. The molecular formula is C8H10N4OS. The first-order chi connectivity index (χ1) is 6.86. The fourth-order valence-electron chi connectivity index (χ4n) is 0.834. The van der Waals surface area contributed by atoms with Gasteiger partial charge in [0.15, 0.2) is 0 Å². The maximum atomic E-state index is 8.78. The van der Waals surface area contributed by atoms with Crippen LogP contribution in [0.25, 0.3) is 16.5 Å². The summed E-state index contributed by atoms with van der Waals surface area (Å²) in [6.07, 6.45) is 6.11. The third-order valence-electron chi connectivity index (χ3n) is 1.45. The maximum absolute atomic E-state index is 8.78. The number of hydrogen-bond donors (Lipinski definition) is 1. The summed E-state index contributed by atoms with van der Waals surface area (Å²) >= 11 is 1.45. The molecule has 0 unspecified atom stereocenters. The van der Waals surface area contributed by atoms with Crippen LogP contribution in [0.15, 0.2) is 17.4 Å². The number of aliphatic hydroxyl groups is 1. The van der Waals surface area contributed by atoms with Crippen LogP contribution >= 0.6 is 11.3 Å². The van der Waals surface area contributed by atoms with E-state index < -0.39 is 0 Å². The highest BCUT2D eigenvalue weighted by atomic mass is 32.1. The fraction of sp³-hybridized carbons (Fsp3) is 0.375. The van der Waals surface area contributed by atoms with E-state index in [0.717, 1.165) is 9.88 Å². The minimum Gasteiger partial charge on any atom is -0.391 e. The molecule has 0 saturated heterocycles. The summed E-state index contributed by atoms with van der Waals surface area (Å²) in [5.74, 6) is 0. The van der Waals surface area contributed by atoms with Gasteiger partial charge in [-0.25, -0.2) is 4.98 Å². The van der Waals surface area contributed by atoms with E-state index in [-0.39, 0.29) is 6.61 Å². The number of thiazole rings is 1.